The maximum absolute atomic E-state index is 11.9. The fourth-order valence-electron chi connectivity index (χ4n) is 2.71. The van der Waals surface area contributed by atoms with Crippen molar-refractivity contribution < 1.29 is 9.59 Å². The van der Waals surface area contributed by atoms with Gasteiger partial charge in [0.15, 0.2) is 0 Å². The molecule has 0 aromatic carbocycles. The van der Waals surface area contributed by atoms with E-state index in [0.29, 0.717) is 19.5 Å². The normalized spacial score (nSPS) is 16.0. The molecule has 21 heavy (non-hydrogen) atoms. The lowest BCUT2D eigenvalue weighted by molar-refractivity contribution is -0.131. The van der Waals surface area contributed by atoms with Gasteiger partial charge >= 0.3 is 0 Å². The summed E-state index contributed by atoms with van der Waals surface area (Å²) in [6.07, 6.45) is 9.53. The first-order valence-corrected chi connectivity index (χ1v) is 8.26. The molecule has 0 aliphatic heterocycles. The molecule has 0 saturated heterocycles. The van der Waals surface area contributed by atoms with Crippen LogP contribution in [0.3, 0.4) is 0 Å². The molecular weight excluding hydrogens is 264 g/mol. The first-order valence-electron chi connectivity index (χ1n) is 8.26. The van der Waals surface area contributed by atoms with Gasteiger partial charge < -0.3 is 10.2 Å². The van der Waals surface area contributed by atoms with E-state index in [4.69, 9.17) is 0 Å². The molecule has 2 amide bonds. The summed E-state index contributed by atoms with van der Waals surface area (Å²) < 4.78 is 0. The highest BCUT2D eigenvalue weighted by atomic mass is 16.2. The second kappa shape index (κ2) is 9.59. The zero-order chi connectivity index (χ0) is 15.7. The Morgan fingerprint density at radius 2 is 2.14 bits per heavy atom. The van der Waals surface area contributed by atoms with E-state index in [1.165, 1.54) is 31.3 Å². The van der Waals surface area contributed by atoms with Crippen LogP contribution in [0.5, 0.6) is 0 Å². The van der Waals surface area contributed by atoms with Crippen LogP contribution in [-0.2, 0) is 9.59 Å². The van der Waals surface area contributed by atoms with Crippen LogP contribution in [0.25, 0.3) is 0 Å². The van der Waals surface area contributed by atoms with Crippen LogP contribution in [0.4, 0.5) is 0 Å². The second-order valence-corrected chi connectivity index (χ2v) is 5.93. The summed E-state index contributed by atoms with van der Waals surface area (Å²) in [4.78, 5) is 25.2. The molecule has 0 bridgehead atoms. The largest absolute Gasteiger partial charge is 0.356 e. The molecule has 1 aliphatic carbocycles. The SMILES string of the molecule is CCC(C)N(CCC(=O)NCCC1=CCCCC1)C(C)=O. The summed E-state index contributed by atoms with van der Waals surface area (Å²) in [5.41, 5.74) is 1.48. The van der Waals surface area contributed by atoms with E-state index in [0.717, 1.165) is 12.8 Å². The summed E-state index contributed by atoms with van der Waals surface area (Å²) in [5, 5.41) is 2.96. The number of nitrogens with one attached hydrogen (secondary N) is 1. The molecular formula is C17H30N2O2. The molecule has 4 heteroatoms. The number of nitrogens with zero attached hydrogens (tertiary/aromatic N) is 1. The van der Waals surface area contributed by atoms with Gasteiger partial charge in [0, 0.05) is 32.5 Å². The minimum Gasteiger partial charge on any atom is -0.356 e. The highest BCUT2D eigenvalue weighted by molar-refractivity contribution is 5.78. The Morgan fingerprint density at radius 1 is 1.38 bits per heavy atom. The van der Waals surface area contributed by atoms with Crippen molar-refractivity contribution in [3.8, 4) is 0 Å². The van der Waals surface area contributed by atoms with Crippen molar-refractivity contribution in [2.75, 3.05) is 13.1 Å². The molecule has 0 heterocycles. The third kappa shape index (κ3) is 6.78. The van der Waals surface area contributed by atoms with Crippen LogP contribution in [0.1, 0.15) is 65.7 Å². The lowest BCUT2D eigenvalue weighted by atomic mass is 9.97. The molecule has 0 saturated carbocycles. The maximum Gasteiger partial charge on any atom is 0.221 e. The Hall–Kier alpha value is -1.32. The Labute approximate surface area is 129 Å². The van der Waals surface area contributed by atoms with Crippen molar-refractivity contribution in [2.45, 2.75) is 71.8 Å². The molecule has 0 radical (unpaired) electrons. The van der Waals surface area contributed by atoms with E-state index < -0.39 is 0 Å². The molecule has 0 aromatic heterocycles. The molecule has 1 N–H and O–H groups in total. The van der Waals surface area contributed by atoms with Gasteiger partial charge in [-0.05, 0) is 45.4 Å². The summed E-state index contributed by atoms with van der Waals surface area (Å²) in [5.74, 6) is 0.0884. The quantitative estimate of drug-likeness (QED) is 0.700. The Balaban J connectivity index is 2.23. The van der Waals surface area contributed by atoms with Gasteiger partial charge in [-0.1, -0.05) is 18.6 Å². The van der Waals surface area contributed by atoms with Crippen LogP contribution in [0.15, 0.2) is 11.6 Å². The van der Waals surface area contributed by atoms with Gasteiger partial charge in [0.05, 0.1) is 0 Å². The average Bonchev–Trinajstić information content (AvgIpc) is 2.47. The highest BCUT2D eigenvalue weighted by Gasteiger charge is 2.16. The molecule has 1 unspecified atom stereocenters. The fraction of sp³-hybridized carbons (Fsp3) is 0.765. The van der Waals surface area contributed by atoms with Crippen LogP contribution in [0.2, 0.25) is 0 Å². The minimum atomic E-state index is 0.0426. The number of amides is 2. The van der Waals surface area contributed by atoms with E-state index in [1.807, 2.05) is 6.92 Å². The molecule has 120 valence electrons. The Kier molecular flexibility index (Phi) is 8.09. The van der Waals surface area contributed by atoms with E-state index >= 15 is 0 Å². The smallest absolute Gasteiger partial charge is 0.221 e. The Morgan fingerprint density at radius 3 is 2.71 bits per heavy atom. The lowest BCUT2D eigenvalue weighted by Crippen LogP contribution is -2.39. The number of allylic oxidation sites excluding steroid dienone is 1. The summed E-state index contributed by atoms with van der Waals surface area (Å²) in [6.45, 7) is 6.87. The first kappa shape index (κ1) is 17.7. The molecule has 0 fully saturated rings. The molecule has 1 rings (SSSR count). The van der Waals surface area contributed by atoms with Crippen LogP contribution < -0.4 is 5.32 Å². The number of carbonyl (C=O) groups excluding carboxylic acids is 2. The van der Waals surface area contributed by atoms with Crippen molar-refractivity contribution >= 4 is 11.8 Å². The molecule has 1 atom stereocenters. The number of hydrogen-bond donors (Lipinski definition) is 1. The number of rotatable bonds is 8. The van der Waals surface area contributed by atoms with Gasteiger partial charge in [-0.15, -0.1) is 0 Å². The number of hydrogen-bond acceptors (Lipinski definition) is 2. The third-order valence-electron chi connectivity index (χ3n) is 4.26. The van der Waals surface area contributed by atoms with Gasteiger partial charge in [0.2, 0.25) is 11.8 Å². The van der Waals surface area contributed by atoms with E-state index in [-0.39, 0.29) is 17.9 Å². The van der Waals surface area contributed by atoms with E-state index in [2.05, 4.69) is 18.3 Å². The zero-order valence-electron chi connectivity index (χ0n) is 13.8. The van der Waals surface area contributed by atoms with Crippen molar-refractivity contribution in [3.63, 3.8) is 0 Å². The standard InChI is InChI=1S/C17H30N2O2/c1-4-14(2)19(15(3)20)13-11-17(21)18-12-10-16-8-6-5-7-9-16/h8,14H,4-7,9-13H2,1-3H3,(H,18,21). The summed E-state index contributed by atoms with van der Waals surface area (Å²) >= 11 is 0. The Bertz CT molecular complexity index is 377. The topological polar surface area (TPSA) is 49.4 Å². The van der Waals surface area contributed by atoms with Gasteiger partial charge in [-0.3, -0.25) is 9.59 Å². The van der Waals surface area contributed by atoms with Crippen LogP contribution >= 0.6 is 0 Å². The van der Waals surface area contributed by atoms with Crippen molar-refractivity contribution in [2.24, 2.45) is 0 Å². The van der Waals surface area contributed by atoms with Crippen molar-refractivity contribution in [1.29, 1.82) is 0 Å². The first-order chi connectivity index (χ1) is 10.0. The number of carbonyl (C=O) groups is 2. The van der Waals surface area contributed by atoms with Gasteiger partial charge in [0.1, 0.15) is 0 Å². The summed E-state index contributed by atoms with van der Waals surface area (Å²) in [7, 11) is 0. The van der Waals surface area contributed by atoms with Crippen LogP contribution in [0, 0.1) is 0 Å². The van der Waals surface area contributed by atoms with Crippen molar-refractivity contribution in [1.82, 2.24) is 10.2 Å². The predicted octanol–water partition coefficient (Wildman–Crippen LogP) is 3.03. The zero-order valence-corrected chi connectivity index (χ0v) is 13.8. The monoisotopic (exact) mass is 294 g/mol. The predicted molar refractivity (Wildman–Crippen MR) is 85.9 cm³/mol. The molecule has 0 aromatic rings. The third-order valence-corrected chi connectivity index (χ3v) is 4.26. The molecule has 1 aliphatic rings. The van der Waals surface area contributed by atoms with Gasteiger partial charge in [0.25, 0.3) is 0 Å². The molecule has 0 spiro atoms. The highest BCUT2D eigenvalue weighted by Crippen LogP contribution is 2.19. The van der Waals surface area contributed by atoms with Crippen molar-refractivity contribution in [3.05, 3.63) is 11.6 Å². The second-order valence-electron chi connectivity index (χ2n) is 5.93. The summed E-state index contributed by atoms with van der Waals surface area (Å²) in [6, 6.07) is 0.197. The van der Waals surface area contributed by atoms with Crippen LogP contribution in [-0.4, -0.2) is 35.8 Å². The molecule has 4 nitrogen and oxygen atoms in total. The van der Waals surface area contributed by atoms with Gasteiger partial charge in [-0.2, -0.15) is 0 Å². The lowest BCUT2D eigenvalue weighted by Gasteiger charge is -2.27. The van der Waals surface area contributed by atoms with Gasteiger partial charge in [-0.25, -0.2) is 0 Å². The van der Waals surface area contributed by atoms with E-state index in [9.17, 15) is 9.59 Å². The van der Waals surface area contributed by atoms with E-state index in [1.54, 1.807) is 11.8 Å². The maximum atomic E-state index is 11.9. The average molecular weight is 294 g/mol. The minimum absolute atomic E-state index is 0.0426. The fourth-order valence-corrected chi connectivity index (χ4v) is 2.71.